The van der Waals surface area contributed by atoms with Crippen LogP contribution >= 0.6 is 0 Å². The van der Waals surface area contributed by atoms with Gasteiger partial charge in [-0.05, 0) is 26.0 Å². The van der Waals surface area contributed by atoms with E-state index in [-0.39, 0.29) is 18.3 Å². The van der Waals surface area contributed by atoms with Crippen molar-refractivity contribution in [3.05, 3.63) is 69.3 Å². The first kappa shape index (κ1) is 15.0. The number of benzene rings is 2. The minimum atomic E-state index is -0.402. The second-order valence-corrected chi connectivity index (χ2v) is 5.00. The summed E-state index contributed by atoms with van der Waals surface area (Å²) in [6.45, 7) is 4.00. The molecule has 2 aromatic rings. The lowest BCUT2D eigenvalue weighted by atomic mass is 10.1. The average Bonchev–Trinajstić information content (AvgIpc) is 2.46. The maximum absolute atomic E-state index is 11.0. The molecule has 0 aromatic heterocycles. The summed E-state index contributed by atoms with van der Waals surface area (Å²) in [6.07, 6.45) is 0. The second-order valence-electron chi connectivity index (χ2n) is 5.00. The molecule has 0 radical (unpaired) electrons. The zero-order valence-corrected chi connectivity index (χ0v) is 12.1. The number of nitro groups is 1. The van der Waals surface area contributed by atoms with Crippen LogP contribution < -0.4 is 10.5 Å². The number of nitrogens with two attached hydrogens (primary N) is 1. The molecule has 2 aromatic carbocycles. The molecule has 1 atom stereocenters. The Hall–Kier alpha value is -2.40. The molecule has 0 saturated heterocycles. The third kappa shape index (κ3) is 3.58. The van der Waals surface area contributed by atoms with Crippen LogP contribution in [0.25, 0.3) is 0 Å². The molecule has 0 aliphatic rings. The third-order valence-corrected chi connectivity index (χ3v) is 3.23. The first-order valence-electron chi connectivity index (χ1n) is 6.70. The molecule has 21 heavy (non-hydrogen) atoms. The zero-order valence-electron chi connectivity index (χ0n) is 12.1. The first-order valence-corrected chi connectivity index (χ1v) is 6.70. The Kier molecular flexibility index (Phi) is 4.55. The Morgan fingerprint density at radius 3 is 2.67 bits per heavy atom. The van der Waals surface area contributed by atoms with Gasteiger partial charge < -0.3 is 10.5 Å². The quantitative estimate of drug-likeness (QED) is 0.674. The second kappa shape index (κ2) is 6.37. The third-order valence-electron chi connectivity index (χ3n) is 3.23. The largest absolute Gasteiger partial charge is 0.488 e. The number of nitrogens with zero attached hydrogens (tertiary/aromatic N) is 1. The fourth-order valence-corrected chi connectivity index (χ4v) is 2.12. The van der Waals surface area contributed by atoms with Crippen LogP contribution in [0.15, 0.2) is 42.5 Å². The number of rotatable bonds is 5. The predicted molar refractivity (Wildman–Crippen MR) is 81.2 cm³/mol. The van der Waals surface area contributed by atoms with Gasteiger partial charge in [0.1, 0.15) is 12.4 Å². The molecular weight excluding hydrogens is 268 g/mol. The van der Waals surface area contributed by atoms with Gasteiger partial charge in [-0.2, -0.15) is 0 Å². The molecule has 0 unspecified atom stereocenters. The normalized spacial score (nSPS) is 12.0. The highest BCUT2D eigenvalue weighted by atomic mass is 16.6. The van der Waals surface area contributed by atoms with E-state index in [1.54, 1.807) is 18.2 Å². The summed E-state index contributed by atoms with van der Waals surface area (Å²) in [5.41, 5.74) is 8.54. The van der Waals surface area contributed by atoms with Crippen LogP contribution in [0, 0.1) is 17.0 Å². The molecule has 2 N–H and O–H groups in total. The van der Waals surface area contributed by atoms with Crippen molar-refractivity contribution < 1.29 is 9.66 Å². The van der Waals surface area contributed by atoms with Crippen molar-refractivity contribution in [3.8, 4) is 5.75 Å². The number of para-hydroxylation sites is 1. The van der Waals surface area contributed by atoms with Crippen LogP contribution in [0.1, 0.15) is 29.7 Å². The number of hydrogen-bond acceptors (Lipinski definition) is 4. The summed E-state index contributed by atoms with van der Waals surface area (Å²) in [6, 6.07) is 12.2. The van der Waals surface area contributed by atoms with Crippen molar-refractivity contribution in [1.82, 2.24) is 0 Å². The summed E-state index contributed by atoms with van der Waals surface area (Å²) >= 11 is 0. The number of hydrogen-bond donors (Lipinski definition) is 1. The van der Waals surface area contributed by atoms with Gasteiger partial charge in [0, 0.05) is 17.7 Å². The van der Waals surface area contributed by atoms with E-state index in [1.165, 1.54) is 6.07 Å². The van der Waals surface area contributed by atoms with Gasteiger partial charge >= 0.3 is 0 Å². The molecule has 0 amide bonds. The van der Waals surface area contributed by atoms with E-state index in [2.05, 4.69) is 0 Å². The topological polar surface area (TPSA) is 78.4 Å². The first-order chi connectivity index (χ1) is 9.99. The highest BCUT2D eigenvalue weighted by molar-refractivity contribution is 5.41. The summed E-state index contributed by atoms with van der Waals surface area (Å²) in [5.74, 6) is 0.661. The fourth-order valence-electron chi connectivity index (χ4n) is 2.12. The van der Waals surface area contributed by atoms with Gasteiger partial charge in [0.05, 0.1) is 10.5 Å². The average molecular weight is 286 g/mol. The molecule has 110 valence electrons. The molecule has 0 fully saturated rings. The van der Waals surface area contributed by atoms with Gasteiger partial charge in [0.25, 0.3) is 5.69 Å². The minimum absolute atomic E-state index is 0.0620. The van der Waals surface area contributed by atoms with Gasteiger partial charge in [0.15, 0.2) is 0 Å². The van der Waals surface area contributed by atoms with E-state index in [4.69, 9.17) is 10.5 Å². The van der Waals surface area contributed by atoms with Crippen LogP contribution in [0.5, 0.6) is 5.75 Å². The summed E-state index contributed by atoms with van der Waals surface area (Å²) < 4.78 is 5.75. The van der Waals surface area contributed by atoms with Crippen molar-refractivity contribution in [3.63, 3.8) is 0 Å². The number of ether oxygens (including phenoxy) is 1. The molecule has 0 heterocycles. The van der Waals surface area contributed by atoms with E-state index in [1.807, 2.05) is 32.0 Å². The van der Waals surface area contributed by atoms with Crippen molar-refractivity contribution in [2.45, 2.75) is 26.5 Å². The van der Waals surface area contributed by atoms with Crippen LogP contribution in [-0.2, 0) is 6.61 Å². The molecule has 2 rings (SSSR count). The molecule has 0 aliphatic carbocycles. The maximum atomic E-state index is 11.0. The van der Waals surface area contributed by atoms with Gasteiger partial charge in [-0.15, -0.1) is 0 Å². The minimum Gasteiger partial charge on any atom is -0.488 e. The van der Waals surface area contributed by atoms with Gasteiger partial charge in [-0.25, -0.2) is 0 Å². The van der Waals surface area contributed by atoms with Gasteiger partial charge in [-0.3, -0.25) is 10.1 Å². The van der Waals surface area contributed by atoms with E-state index in [0.717, 1.165) is 11.1 Å². The van der Waals surface area contributed by atoms with Crippen LogP contribution in [0.3, 0.4) is 0 Å². The van der Waals surface area contributed by atoms with Gasteiger partial charge in [-0.1, -0.05) is 29.8 Å². The number of aryl methyl sites for hydroxylation is 1. The standard InChI is InChI=1S/C16H18N2O3/c1-11-7-8-16(14(9-11)12(2)17)21-10-13-5-3-4-6-15(13)18(19)20/h3-9,12H,10,17H2,1-2H3/t12-/m0/s1. The summed E-state index contributed by atoms with van der Waals surface area (Å²) in [7, 11) is 0. The SMILES string of the molecule is Cc1ccc(OCc2ccccc2[N+](=O)[O-])c([C@H](C)N)c1. The summed E-state index contributed by atoms with van der Waals surface area (Å²) in [5, 5.41) is 11.0. The lowest BCUT2D eigenvalue weighted by Crippen LogP contribution is -2.09. The molecule has 0 aliphatic heterocycles. The monoisotopic (exact) mass is 286 g/mol. The maximum Gasteiger partial charge on any atom is 0.276 e. The highest BCUT2D eigenvalue weighted by Crippen LogP contribution is 2.27. The lowest BCUT2D eigenvalue weighted by molar-refractivity contribution is -0.385. The van der Waals surface area contributed by atoms with Crippen LogP contribution in [0.2, 0.25) is 0 Å². The fraction of sp³-hybridized carbons (Fsp3) is 0.250. The van der Waals surface area contributed by atoms with E-state index >= 15 is 0 Å². The Morgan fingerprint density at radius 1 is 1.29 bits per heavy atom. The Balaban J connectivity index is 2.23. The molecular formula is C16H18N2O3. The Morgan fingerprint density at radius 2 is 2.00 bits per heavy atom. The molecule has 5 nitrogen and oxygen atoms in total. The van der Waals surface area contributed by atoms with Crippen molar-refractivity contribution >= 4 is 5.69 Å². The predicted octanol–water partition coefficient (Wildman–Crippen LogP) is 3.50. The van der Waals surface area contributed by atoms with Crippen molar-refractivity contribution in [1.29, 1.82) is 0 Å². The number of nitro benzene ring substituents is 1. The van der Waals surface area contributed by atoms with E-state index < -0.39 is 4.92 Å². The molecule has 5 heteroatoms. The van der Waals surface area contributed by atoms with E-state index in [0.29, 0.717) is 11.3 Å². The smallest absolute Gasteiger partial charge is 0.276 e. The van der Waals surface area contributed by atoms with Crippen molar-refractivity contribution in [2.75, 3.05) is 0 Å². The zero-order chi connectivity index (χ0) is 15.4. The summed E-state index contributed by atoms with van der Waals surface area (Å²) in [4.78, 5) is 10.6. The Bertz CT molecular complexity index is 654. The van der Waals surface area contributed by atoms with Crippen LogP contribution in [-0.4, -0.2) is 4.92 Å². The van der Waals surface area contributed by atoms with Crippen molar-refractivity contribution in [2.24, 2.45) is 5.73 Å². The lowest BCUT2D eigenvalue weighted by Gasteiger charge is -2.15. The Labute approximate surface area is 123 Å². The molecule has 0 spiro atoms. The van der Waals surface area contributed by atoms with Gasteiger partial charge in [0.2, 0.25) is 0 Å². The molecule has 0 saturated carbocycles. The molecule has 0 bridgehead atoms. The highest BCUT2D eigenvalue weighted by Gasteiger charge is 2.14. The van der Waals surface area contributed by atoms with Crippen LogP contribution in [0.4, 0.5) is 5.69 Å². The van der Waals surface area contributed by atoms with E-state index in [9.17, 15) is 10.1 Å².